The molecule has 0 aliphatic carbocycles. The summed E-state index contributed by atoms with van der Waals surface area (Å²) in [6, 6.07) is 0. The summed E-state index contributed by atoms with van der Waals surface area (Å²) in [6.45, 7) is 0. The number of halogens is 13. The van der Waals surface area contributed by atoms with Crippen molar-refractivity contribution in [1.82, 2.24) is 0 Å². The van der Waals surface area contributed by atoms with E-state index >= 15 is 0 Å². The maximum Gasteiger partial charge on any atom is 0.526 e. The molecule has 0 aliphatic heterocycles. The number of rotatable bonds is 3. The Kier molecular flexibility index (Phi) is 5.19. The first-order valence-electron chi connectivity index (χ1n) is 3.90. The molecule has 0 aromatic carbocycles. The molecule has 0 aromatic rings. The van der Waals surface area contributed by atoms with Crippen molar-refractivity contribution in [3.63, 3.8) is 0 Å². The van der Waals surface area contributed by atoms with Crippen LogP contribution in [0.15, 0.2) is 0 Å². The first kappa shape index (κ1) is 19.4. The zero-order valence-corrected chi connectivity index (χ0v) is 10.6. The summed E-state index contributed by atoms with van der Waals surface area (Å²) in [5, 5.41) is 0. The largest absolute Gasteiger partial charge is 0.526 e. The summed E-state index contributed by atoms with van der Waals surface area (Å²) in [5.74, 6) is -13.9. The Labute approximate surface area is 112 Å². The molecule has 0 saturated heterocycles. The molecule has 118 valence electrons. The van der Waals surface area contributed by atoms with Crippen LogP contribution in [0.1, 0.15) is 0 Å². The van der Waals surface area contributed by atoms with Gasteiger partial charge in [-0.05, 0) is 0 Å². The van der Waals surface area contributed by atoms with Crippen LogP contribution in [0.2, 0.25) is 0 Å². The Hall–Kier alpha value is -0.550. The molecule has 0 amide bonds. The van der Waals surface area contributed by atoms with E-state index in [0.29, 0.717) is 3.93 Å². The maximum atomic E-state index is 12.7. The fourth-order valence-corrected chi connectivity index (χ4v) is 2.01. The molecule has 0 bridgehead atoms. The minimum atomic E-state index is -7.11. The average Bonchev–Trinajstić information content (AvgIpc) is 2.12. The number of hydrogen-bond donors (Lipinski definition) is 0. The van der Waals surface area contributed by atoms with Crippen LogP contribution in [-0.2, 0) is 0 Å². The fourth-order valence-electron chi connectivity index (χ4n) is 0.552. The molecule has 0 rings (SSSR count). The maximum absolute atomic E-state index is 12.7. The predicted molar refractivity (Wildman–Crippen MR) is 34.7 cm³/mol. The third-order valence-corrected chi connectivity index (χ3v) is 3.36. The molecule has 0 radical (unpaired) electrons. The highest BCUT2D eigenvalue weighted by Crippen LogP contribution is 2.50. The zero-order valence-electron chi connectivity index (χ0n) is 8.41. The van der Waals surface area contributed by atoms with Gasteiger partial charge in [-0.2, -0.15) is 43.9 Å². The van der Waals surface area contributed by atoms with E-state index < -0.39 is 49.3 Å². The predicted octanol–water partition coefficient (Wildman–Crippen LogP) is 1.02. The third kappa shape index (κ3) is 3.98. The lowest BCUT2D eigenvalue weighted by Crippen LogP contribution is -3.66. The molecule has 0 fully saturated rings. The molecular formula is C7F12I+. The Morgan fingerprint density at radius 2 is 1.00 bits per heavy atom. The van der Waals surface area contributed by atoms with Crippen molar-refractivity contribution in [1.29, 1.82) is 0 Å². The highest BCUT2D eigenvalue weighted by atomic mass is 127. The SMILES string of the molecule is FC(F)(F)C#C[I+]C(F)(F)C(F)(F)C(F)(F)C(F)(F)F. The Morgan fingerprint density at radius 3 is 1.30 bits per heavy atom. The van der Waals surface area contributed by atoms with Crippen molar-refractivity contribution in [3.05, 3.63) is 0 Å². The van der Waals surface area contributed by atoms with Gasteiger partial charge in [0.2, 0.25) is 0 Å². The first-order chi connectivity index (χ1) is 8.46. The van der Waals surface area contributed by atoms with Crippen molar-refractivity contribution in [2.45, 2.75) is 28.1 Å². The molecule has 0 unspecified atom stereocenters. The van der Waals surface area contributed by atoms with Gasteiger partial charge < -0.3 is 0 Å². The van der Waals surface area contributed by atoms with Crippen LogP contribution in [0, 0.1) is 9.85 Å². The van der Waals surface area contributed by atoms with Gasteiger partial charge in [0, 0.05) is 0 Å². The Morgan fingerprint density at radius 1 is 0.600 bits per heavy atom. The molecule has 0 spiro atoms. The van der Waals surface area contributed by atoms with E-state index in [2.05, 4.69) is 0 Å². The second kappa shape index (κ2) is 5.34. The number of hydrogen-bond acceptors (Lipinski definition) is 0. The Balaban J connectivity index is 5.42. The number of alkyl halides is 13. The van der Waals surface area contributed by atoms with Crippen molar-refractivity contribution < 1.29 is 73.9 Å². The average molecular weight is 439 g/mol. The molecule has 0 nitrogen and oxygen atoms in total. The second-order valence-corrected chi connectivity index (χ2v) is 5.39. The van der Waals surface area contributed by atoms with E-state index in [9.17, 15) is 52.7 Å². The topological polar surface area (TPSA) is 0 Å². The second-order valence-electron chi connectivity index (χ2n) is 2.96. The molecule has 13 heteroatoms. The summed E-state index contributed by atoms with van der Waals surface area (Å²) in [5.41, 5.74) is 0. The molecule has 20 heavy (non-hydrogen) atoms. The van der Waals surface area contributed by atoms with Gasteiger partial charge in [0.05, 0.1) is 5.92 Å². The minimum absolute atomic E-state index is 0.0997. The van der Waals surface area contributed by atoms with Gasteiger partial charge in [0.1, 0.15) is 0 Å². The molecular weight excluding hydrogens is 439 g/mol. The van der Waals surface area contributed by atoms with Crippen molar-refractivity contribution in [2.75, 3.05) is 0 Å². The summed E-state index contributed by atoms with van der Waals surface area (Å²) in [6.07, 6.45) is -12.4. The monoisotopic (exact) mass is 439 g/mol. The lowest BCUT2D eigenvalue weighted by molar-refractivity contribution is -0.752. The van der Waals surface area contributed by atoms with Gasteiger partial charge in [-0.3, -0.25) is 0 Å². The van der Waals surface area contributed by atoms with Crippen LogP contribution in [-0.4, -0.2) is 28.1 Å². The van der Waals surface area contributed by atoms with Crippen LogP contribution in [0.5, 0.6) is 0 Å². The van der Waals surface area contributed by atoms with Crippen molar-refractivity contribution >= 4 is 0 Å². The standard InChI is InChI=1S/C7F12I/c8-3(9,10)1-2-20-7(18,19)5(13,14)4(11,12)6(15,16)17/q+1. The lowest BCUT2D eigenvalue weighted by Gasteiger charge is -2.27. The highest BCUT2D eigenvalue weighted by Gasteiger charge is 2.87. The van der Waals surface area contributed by atoms with E-state index in [4.69, 9.17) is 0 Å². The van der Waals surface area contributed by atoms with E-state index in [1.807, 2.05) is 0 Å². The van der Waals surface area contributed by atoms with Gasteiger partial charge >= 0.3 is 49.3 Å². The van der Waals surface area contributed by atoms with E-state index in [1.165, 1.54) is 0 Å². The molecule has 0 atom stereocenters. The summed E-state index contributed by atoms with van der Waals surface area (Å²) in [7, 11) is 0. The molecule has 0 saturated carbocycles. The van der Waals surface area contributed by atoms with Gasteiger partial charge in [-0.25, -0.2) is 0 Å². The van der Waals surface area contributed by atoms with Crippen LogP contribution >= 0.6 is 0 Å². The quantitative estimate of drug-likeness (QED) is 0.267. The summed E-state index contributed by atoms with van der Waals surface area (Å²) >= 11 is -3.94. The van der Waals surface area contributed by atoms with Crippen LogP contribution in [0.4, 0.5) is 52.7 Å². The van der Waals surface area contributed by atoms with E-state index in [0.717, 1.165) is 0 Å². The van der Waals surface area contributed by atoms with Gasteiger partial charge in [-0.1, -0.05) is 0 Å². The molecule has 0 N–H and O–H groups in total. The Bertz CT molecular complexity index is 404. The van der Waals surface area contributed by atoms with Crippen molar-refractivity contribution in [2.24, 2.45) is 0 Å². The molecule has 0 aromatic heterocycles. The lowest BCUT2D eigenvalue weighted by atomic mass is 10.2. The van der Waals surface area contributed by atoms with Gasteiger partial charge in [0.15, 0.2) is 3.93 Å². The smallest absolute Gasteiger partial charge is 0.189 e. The minimum Gasteiger partial charge on any atom is -0.189 e. The van der Waals surface area contributed by atoms with Crippen LogP contribution in [0.3, 0.4) is 0 Å². The molecule has 0 heterocycles. The zero-order chi connectivity index (χ0) is 16.6. The van der Waals surface area contributed by atoms with E-state index in [-0.39, 0.29) is 5.92 Å². The summed E-state index contributed by atoms with van der Waals surface area (Å²) in [4.78, 5) is 0. The third-order valence-electron chi connectivity index (χ3n) is 1.46. The highest BCUT2D eigenvalue weighted by molar-refractivity contribution is 5.00. The normalized spacial score (nSPS) is 14.8. The first-order valence-corrected chi connectivity index (χ1v) is 6.05. The van der Waals surface area contributed by atoms with Gasteiger partial charge in [-0.15, -0.1) is 8.78 Å². The van der Waals surface area contributed by atoms with Crippen LogP contribution in [0.25, 0.3) is 0 Å². The van der Waals surface area contributed by atoms with E-state index in [1.54, 1.807) is 0 Å². The van der Waals surface area contributed by atoms with Crippen molar-refractivity contribution in [3.8, 4) is 9.85 Å². The van der Waals surface area contributed by atoms with Crippen LogP contribution < -0.4 is 21.2 Å². The summed E-state index contributed by atoms with van der Waals surface area (Å²) < 4.78 is 139. The van der Waals surface area contributed by atoms with Gasteiger partial charge in [0.25, 0.3) is 0 Å². The fraction of sp³-hybridized carbons (Fsp3) is 0.714. The molecule has 0 aliphatic rings.